The average Bonchev–Trinajstić information content (AvgIpc) is 2.63. The minimum Gasteiger partial charge on any atom is -0.489 e. The van der Waals surface area contributed by atoms with Gasteiger partial charge in [-0.25, -0.2) is 0 Å². The molecule has 1 aromatic rings. The zero-order valence-corrected chi connectivity index (χ0v) is 12.7. The number of ether oxygens (including phenoxy) is 2. The van der Waals surface area contributed by atoms with Crippen LogP contribution in [-0.2, 0) is 0 Å². The zero-order chi connectivity index (χ0) is 14.1. The van der Waals surface area contributed by atoms with Gasteiger partial charge in [0.1, 0.15) is 0 Å². The van der Waals surface area contributed by atoms with Crippen LogP contribution in [0.15, 0.2) is 12.1 Å². The minimum atomic E-state index is 0.446. The van der Waals surface area contributed by atoms with E-state index in [1.165, 1.54) is 24.0 Å². The molecule has 3 heteroatoms. The van der Waals surface area contributed by atoms with E-state index in [0.29, 0.717) is 17.9 Å². The topological polar surface area (TPSA) is 30.5 Å². The Labute approximate surface area is 121 Å². The molecule has 2 aliphatic rings. The highest BCUT2D eigenvalue weighted by Gasteiger charge is 2.27. The maximum absolute atomic E-state index is 5.94. The SMILES string of the molecule is CCNC1CCC(C)c2cc3c(cc21)OCC(C)CO3. The lowest BCUT2D eigenvalue weighted by molar-refractivity contribution is 0.228. The van der Waals surface area contributed by atoms with Crippen molar-refractivity contribution in [1.29, 1.82) is 0 Å². The molecular weight excluding hydrogens is 250 g/mol. The molecule has 0 fully saturated rings. The van der Waals surface area contributed by atoms with Crippen molar-refractivity contribution in [3.63, 3.8) is 0 Å². The first-order valence-corrected chi connectivity index (χ1v) is 7.85. The van der Waals surface area contributed by atoms with Gasteiger partial charge in [-0.05, 0) is 48.6 Å². The molecule has 3 atom stereocenters. The third kappa shape index (κ3) is 2.51. The van der Waals surface area contributed by atoms with E-state index in [-0.39, 0.29) is 0 Å². The predicted octanol–water partition coefficient (Wildman–Crippen LogP) is 3.64. The number of hydrogen-bond acceptors (Lipinski definition) is 3. The van der Waals surface area contributed by atoms with Gasteiger partial charge >= 0.3 is 0 Å². The summed E-state index contributed by atoms with van der Waals surface area (Å²) < 4.78 is 11.9. The van der Waals surface area contributed by atoms with Crippen molar-refractivity contribution in [2.75, 3.05) is 19.8 Å². The third-order valence-corrected chi connectivity index (χ3v) is 4.44. The van der Waals surface area contributed by atoms with Crippen molar-refractivity contribution < 1.29 is 9.47 Å². The van der Waals surface area contributed by atoms with E-state index in [0.717, 1.165) is 31.3 Å². The Bertz CT molecular complexity index is 486. The number of fused-ring (bicyclic) bond motifs is 2. The van der Waals surface area contributed by atoms with Crippen LogP contribution in [0.1, 0.15) is 56.7 Å². The molecule has 0 amide bonds. The second-order valence-electron chi connectivity index (χ2n) is 6.24. The summed E-state index contributed by atoms with van der Waals surface area (Å²) in [5.41, 5.74) is 2.83. The molecule has 1 aromatic carbocycles. The largest absolute Gasteiger partial charge is 0.489 e. The van der Waals surface area contributed by atoms with E-state index in [1.807, 2.05) is 0 Å². The van der Waals surface area contributed by atoms with Crippen LogP contribution in [-0.4, -0.2) is 19.8 Å². The summed E-state index contributed by atoms with van der Waals surface area (Å²) >= 11 is 0. The van der Waals surface area contributed by atoms with E-state index in [2.05, 4.69) is 38.2 Å². The summed E-state index contributed by atoms with van der Waals surface area (Å²) in [6.45, 7) is 9.14. The summed E-state index contributed by atoms with van der Waals surface area (Å²) in [6.07, 6.45) is 2.44. The minimum absolute atomic E-state index is 0.446. The molecular formula is C17H25NO2. The fourth-order valence-corrected chi connectivity index (χ4v) is 3.24. The fraction of sp³-hybridized carbons (Fsp3) is 0.647. The van der Waals surface area contributed by atoms with Crippen LogP contribution in [0.4, 0.5) is 0 Å². The lowest BCUT2D eigenvalue weighted by Crippen LogP contribution is -2.26. The van der Waals surface area contributed by atoms with Crippen molar-refractivity contribution in [2.24, 2.45) is 5.92 Å². The maximum atomic E-state index is 5.94. The normalized spacial score (nSPS) is 28.6. The van der Waals surface area contributed by atoms with Gasteiger partial charge in [-0.3, -0.25) is 0 Å². The van der Waals surface area contributed by atoms with E-state index in [1.54, 1.807) is 0 Å². The van der Waals surface area contributed by atoms with Crippen molar-refractivity contribution in [2.45, 2.75) is 45.6 Å². The number of benzene rings is 1. The van der Waals surface area contributed by atoms with E-state index in [4.69, 9.17) is 9.47 Å². The van der Waals surface area contributed by atoms with E-state index < -0.39 is 0 Å². The van der Waals surface area contributed by atoms with Crippen LogP contribution in [0, 0.1) is 5.92 Å². The van der Waals surface area contributed by atoms with Gasteiger partial charge in [0, 0.05) is 12.0 Å². The number of nitrogens with one attached hydrogen (secondary N) is 1. The highest BCUT2D eigenvalue weighted by Crippen LogP contribution is 2.43. The van der Waals surface area contributed by atoms with Gasteiger partial charge in [0.15, 0.2) is 11.5 Å². The Kier molecular flexibility index (Phi) is 3.88. The Morgan fingerprint density at radius 3 is 2.35 bits per heavy atom. The second kappa shape index (κ2) is 5.65. The molecule has 1 aliphatic heterocycles. The molecule has 3 rings (SSSR count). The molecule has 1 N–H and O–H groups in total. The van der Waals surface area contributed by atoms with Crippen molar-refractivity contribution in [3.8, 4) is 11.5 Å². The first kappa shape index (κ1) is 13.7. The Balaban J connectivity index is 1.99. The van der Waals surface area contributed by atoms with Crippen LogP contribution >= 0.6 is 0 Å². The van der Waals surface area contributed by atoms with Crippen molar-refractivity contribution in [1.82, 2.24) is 5.32 Å². The molecule has 110 valence electrons. The van der Waals surface area contributed by atoms with Crippen LogP contribution < -0.4 is 14.8 Å². The summed E-state index contributed by atoms with van der Waals surface area (Å²) in [5.74, 6) is 2.90. The van der Waals surface area contributed by atoms with E-state index in [9.17, 15) is 0 Å². The Morgan fingerprint density at radius 2 is 1.70 bits per heavy atom. The quantitative estimate of drug-likeness (QED) is 0.894. The number of hydrogen-bond donors (Lipinski definition) is 1. The van der Waals surface area contributed by atoms with Crippen molar-refractivity contribution in [3.05, 3.63) is 23.3 Å². The van der Waals surface area contributed by atoms with Crippen molar-refractivity contribution >= 4 is 0 Å². The first-order chi connectivity index (χ1) is 9.69. The molecule has 0 saturated carbocycles. The van der Waals surface area contributed by atoms with Crippen LogP contribution in [0.25, 0.3) is 0 Å². The fourth-order valence-electron chi connectivity index (χ4n) is 3.24. The highest BCUT2D eigenvalue weighted by atomic mass is 16.5. The molecule has 0 saturated heterocycles. The number of rotatable bonds is 2. The summed E-state index contributed by atoms with van der Waals surface area (Å²) in [7, 11) is 0. The van der Waals surface area contributed by atoms with Crippen LogP contribution in [0.5, 0.6) is 11.5 Å². The molecule has 0 radical (unpaired) electrons. The van der Waals surface area contributed by atoms with Crippen LogP contribution in [0.2, 0.25) is 0 Å². The standard InChI is InChI=1S/C17H25NO2/c1-4-18-15-6-5-12(3)13-7-16-17(8-14(13)15)20-10-11(2)9-19-16/h7-8,11-12,15,18H,4-6,9-10H2,1-3H3. The first-order valence-electron chi connectivity index (χ1n) is 7.85. The lowest BCUT2D eigenvalue weighted by Gasteiger charge is -2.31. The summed E-state index contributed by atoms with van der Waals surface area (Å²) in [4.78, 5) is 0. The third-order valence-electron chi connectivity index (χ3n) is 4.44. The predicted molar refractivity (Wildman–Crippen MR) is 80.7 cm³/mol. The lowest BCUT2D eigenvalue weighted by atomic mass is 9.80. The smallest absolute Gasteiger partial charge is 0.161 e. The summed E-state index contributed by atoms with van der Waals surface area (Å²) in [5, 5.41) is 3.60. The highest BCUT2D eigenvalue weighted by molar-refractivity contribution is 5.50. The molecule has 3 unspecified atom stereocenters. The maximum Gasteiger partial charge on any atom is 0.161 e. The summed E-state index contributed by atoms with van der Waals surface area (Å²) in [6, 6.07) is 4.89. The Morgan fingerprint density at radius 1 is 1.05 bits per heavy atom. The monoisotopic (exact) mass is 275 g/mol. The van der Waals surface area contributed by atoms with Gasteiger partial charge in [0.25, 0.3) is 0 Å². The van der Waals surface area contributed by atoms with Gasteiger partial charge in [-0.15, -0.1) is 0 Å². The zero-order valence-electron chi connectivity index (χ0n) is 12.7. The van der Waals surface area contributed by atoms with Gasteiger partial charge in [0.05, 0.1) is 13.2 Å². The molecule has 0 spiro atoms. The van der Waals surface area contributed by atoms with Gasteiger partial charge in [0.2, 0.25) is 0 Å². The average molecular weight is 275 g/mol. The van der Waals surface area contributed by atoms with Gasteiger partial charge in [-0.2, -0.15) is 0 Å². The van der Waals surface area contributed by atoms with Crippen LogP contribution in [0.3, 0.4) is 0 Å². The molecule has 1 heterocycles. The molecule has 0 aromatic heterocycles. The van der Waals surface area contributed by atoms with E-state index >= 15 is 0 Å². The molecule has 0 bridgehead atoms. The van der Waals surface area contributed by atoms with Gasteiger partial charge in [-0.1, -0.05) is 20.8 Å². The molecule has 20 heavy (non-hydrogen) atoms. The van der Waals surface area contributed by atoms with Gasteiger partial charge < -0.3 is 14.8 Å². The Hall–Kier alpha value is -1.22. The second-order valence-corrected chi connectivity index (χ2v) is 6.24. The molecule has 3 nitrogen and oxygen atoms in total. The molecule has 1 aliphatic carbocycles.